The third-order valence-electron chi connectivity index (χ3n) is 8.19. The number of nitrogens with zero attached hydrogens (tertiary/aromatic N) is 3. The minimum Gasteiger partial charge on any atom is -0.391 e. The molecule has 3 atom stereocenters. The molecule has 10 heteroatoms. The van der Waals surface area contributed by atoms with Gasteiger partial charge in [0.15, 0.2) is 0 Å². The molecule has 9 nitrogen and oxygen atoms in total. The van der Waals surface area contributed by atoms with Gasteiger partial charge in [-0.15, -0.1) is 23.7 Å². The molecule has 2 aromatic rings. The fourth-order valence-corrected chi connectivity index (χ4v) is 6.41. The standard InChI is InChI=1S/C32H43N5O4S/c1-6-22-11-14-36(15-12-22)16-13-27(39)35-29(32(3,4)5)31(41)37-19-25(38)17-26(37)30(40)33-18-23-7-9-24(10-8-23)28-21(2)34-20-42-28/h1,7-10,20,22,25-26,29,38H,11-19H2,2-5H3,(H,33,40)(H,35,39)/t25-,26+,29-/m1/s1. The molecular formula is C32H43N5O4S. The van der Waals surface area contributed by atoms with Crippen molar-refractivity contribution >= 4 is 29.1 Å². The summed E-state index contributed by atoms with van der Waals surface area (Å²) in [6.07, 6.45) is 7.01. The Bertz CT molecular complexity index is 1290. The van der Waals surface area contributed by atoms with E-state index in [4.69, 9.17) is 6.42 Å². The number of hydrogen-bond acceptors (Lipinski definition) is 7. The highest BCUT2D eigenvalue weighted by Crippen LogP contribution is 2.28. The van der Waals surface area contributed by atoms with Crippen LogP contribution in [0.2, 0.25) is 0 Å². The highest BCUT2D eigenvalue weighted by Gasteiger charge is 2.44. The van der Waals surface area contributed by atoms with Gasteiger partial charge in [-0.3, -0.25) is 14.4 Å². The van der Waals surface area contributed by atoms with Gasteiger partial charge in [-0.1, -0.05) is 45.0 Å². The maximum Gasteiger partial charge on any atom is 0.246 e. The average molecular weight is 594 g/mol. The summed E-state index contributed by atoms with van der Waals surface area (Å²) in [6, 6.07) is 6.29. The summed E-state index contributed by atoms with van der Waals surface area (Å²) in [6.45, 7) is 10.3. The highest BCUT2D eigenvalue weighted by molar-refractivity contribution is 7.13. The highest BCUT2D eigenvalue weighted by atomic mass is 32.1. The van der Waals surface area contributed by atoms with Crippen molar-refractivity contribution in [2.45, 2.75) is 78.1 Å². The lowest BCUT2D eigenvalue weighted by Crippen LogP contribution is -2.58. The lowest BCUT2D eigenvalue weighted by atomic mass is 9.85. The second-order valence-corrected chi connectivity index (χ2v) is 13.3. The van der Waals surface area contributed by atoms with Crippen molar-refractivity contribution in [3.05, 3.63) is 41.0 Å². The lowest BCUT2D eigenvalue weighted by molar-refractivity contribution is -0.144. The molecule has 0 spiro atoms. The number of benzene rings is 1. The molecule has 4 rings (SSSR count). The third-order valence-corrected chi connectivity index (χ3v) is 9.17. The van der Waals surface area contributed by atoms with Crippen LogP contribution in [0.3, 0.4) is 0 Å². The summed E-state index contributed by atoms with van der Waals surface area (Å²) in [4.78, 5) is 49.1. The van der Waals surface area contributed by atoms with Crippen LogP contribution < -0.4 is 10.6 Å². The Balaban J connectivity index is 1.34. The van der Waals surface area contributed by atoms with E-state index in [0.29, 0.717) is 19.0 Å². The van der Waals surface area contributed by atoms with Crippen LogP contribution >= 0.6 is 11.3 Å². The Morgan fingerprint density at radius 1 is 1.19 bits per heavy atom. The number of thiazole rings is 1. The number of terminal acetylenes is 1. The number of aryl methyl sites for hydroxylation is 1. The first-order valence-corrected chi connectivity index (χ1v) is 15.6. The zero-order valence-corrected chi connectivity index (χ0v) is 25.9. The number of piperidine rings is 1. The number of aliphatic hydroxyl groups excluding tert-OH is 1. The van der Waals surface area contributed by atoms with Crippen molar-refractivity contribution in [1.82, 2.24) is 25.4 Å². The number of aliphatic hydroxyl groups is 1. The maximum absolute atomic E-state index is 13.8. The Labute approximate surface area is 253 Å². The summed E-state index contributed by atoms with van der Waals surface area (Å²) in [5.41, 5.74) is 4.21. The second-order valence-electron chi connectivity index (χ2n) is 12.5. The SMILES string of the molecule is C#CC1CCN(CCC(=O)N[C@H](C(=O)N2C[C@H](O)C[C@H]2C(=O)NCc2ccc(-c3scnc3C)cc2)C(C)(C)C)CC1. The van der Waals surface area contributed by atoms with Gasteiger partial charge in [0.05, 0.1) is 22.2 Å². The fourth-order valence-electron chi connectivity index (χ4n) is 5.60. The van der Waals surface area contributed by atoms with Crippen LogP contribution in [0.4, 0.5) is 0 Å². The van der Waals surface area contributed by atoms with E-state index in [1.807, 2.05) is 57.5 Å². The molecule has 0 aliphatic carbocycles. The van der Waals surface area contributed by atoms with E-state index in [1.165, 1.54) is 4.90 Å². The van der Waals surface area contributed by atoms with Crippen molar-refractivity contribution in [3.8, 4) is 22.8 Å². The molecule has 1 aromatic heterocycles. The fraction of sp³-hybridized carbons (Fsp3) is 0.562. The number of carbonyl (C=O) groups excluding carboxylic acids is 3. The van der Waals surface area contributed by atoms with Gasteiger partial charge in [0.25, 0.3) is 0 Å². The number of aromatic nitrogens is 1. The number of carbonyl (C=O) groups is 3. The molecule has 42 heavy (non-hydrogen) atoms. The predicted octanol–water partition coefficient (Wildman–Crippen LogP) is 2.96. The van der Waals surface area contributed by atoms with E-state index >= 15 is 0 Å². The van der Waals surface area contributed by atoms with Crippen molar-refractivity contribution in [1.29, 1.82) is 0 Å². The first-order chi connectivity index (χ1) is 20.0. The van der Waals surface area contributed by atoms with Gasteiger partial charge in [-0.05, 0) is 49.4 Å². The summed E-state index contributed by atoms with van der Waals surface area (Å²) in [5, 5.41) is 16.3. The maximum atomic E-state index is 13.8. The van der Waals surface area contributed by atoms with Crippen molar-refractivity contribution in [2.75, 3.05) is 26.2 Å². The van der Waals surface area contributed by atoms with E-state index in [-0.39, 0.29) is 37.1 Å². The topological polar surface area (TPSA) is 115 Å². The summed E-state index contributed by atoms with van der Waals surface area (Å²) in [5.74, 6) is 2.23. The van der Waals surface area contributed by atoms with E-state index < -0.39 is 23.6 Å². The molecule has 0 radical (unpaired) electrons. The molecule has 0 bridgehead atoms. The van der Waals surface area contributed by atoms with Crippen LogP contribution in [0, 0.1) is 30.6 Å². The molecule has 3 heterocycles. The van der Waals surface area contributed by atoms with Gasteiger partial charge < -0.3 is 25.5 Å². The number of nitrogens with one attached hydrogen (secondary N) is 2. The zero-order chi connectivity index (χ0) is 30.4. The van der Waals surface area contributed by atoms with E-state index in [9.17, 15) is 19.5 Å². The Morgan fingerprint density at radius 3 is 2.48 bits per heavy atom. The first kappa shape index (κ1) is 31.7. The smallest absolute Gasteiger partial charge is 0.246 e. The molecule has 2 fully saturated rings. The Kier molecular flexibility index (Phi) is 10.4. The molecular weight excluding hydrogens is 550 g/mol. The van der Waals surface area contributed by atoms with Crippen LogP contribution in [0.5, 0.6) is 0 Å². The molecule has 2 aliphatic rings. The molecule has 1 aromatic carbocycles. The monoisotopic (exact) mass is 593 g/mol. The molecule has 3 amide bonds. The van der Waals surface area contributed by atoms with E-state index in [1.54, 1.807) is 11.3 Å². The number of likely N-dealkylation sites (tertiary alicyclic amines) is 2. The van der Waals surface area contributed by atoms with Gasteiger partial charge in [0.1, 0.15) is 12.1 Å². The lowest BCUT2D eigenvalue weighted by Gasteiger charge is -2.35. The van der Waals surface area contributed by atoms with Crippen LogP contribution in [-0.4, -0.2) is 82.0 Å². The van der Waals surface area contributed by atoms with Crippen LogP contribution in [0.15, 0.2) is 29.8 Å². The molecule has 2 aliphatic heterocycles. The summed E-state index contributed by atoms with van der Waals surface area (Å²) >= 11 is 1.59. The molecule has 0 unspecified atom stereocenters. The normalized spacial score (nSPS) is 20.6. The van der Waals surface area contributed by atoms with E-state index in [2.05, 4.69) is 26.4 Å². The second kappa shape index (κ2) is 13.8. The first-order valence-electron chi connectivity index (χ1n) is 14.7. The summed E-state index contributed by atoms with van der Waals surface area (Å²) < 4.78 is 0. The van der Waals surface area contributed by atoms with Gasteiger partial charge in [0.2, 0.25) is 17.7 Å². The molecule has 3 N–H and O–H groups in total. The van der Waals surface area contributed by atoms with Gasteiger partial charge in [0, 0.05) is 38.4 Å². The molecule has 0 saturated carbocycles. The quantitative estimate of drug-likeness (QED) is 0.385. The van der Waals surface area contributed by atoms with Gasteiger partial charge in [-0.2, -0.15) is 0 Å². The average Bonchev–Trinajstić information content (AvgIpc) is 3.58. The van der Waals surface area contributed by atoms with E-state index in [0.717, 1.165) is 47.6 Å². The molecule has 2 saturated heterocycles. The van der Waals surface area contributed by atoms with Crippen LogP contribution in [0.1, 0.15) is 57.7 Å². The summed E-state index contributed by atoms with van der Waals surface area (Å²) in [7, 11) is 0. The third kappa shape index (κ3) is 7.97. The van der Waals surface area contributed by atoms with Gasteiger partial charge in [-0.25, -0.2) is 4.98 Å². The Hall–Kier alpha value is -3.26. The molecule has 226 valence electrons. The van der Waals surface area contributed by atoms with Crippen LogP contribution in [0.25, 0.3) is 10.4 Å². The van der Waals surface area contributed by atoms with Crippen molar-refractivity contribution in [3.63, 3.8) is 0 Å². The minimum absolute atomic E-state index is 0.0480. The van der Waals surface area contributed by atoms with Crippen molar-refractivity contribution in [2.24, 2.45) is 11.3 Å². The number of hydrogen-bond donors (Lipinski definition) is 3. The minimum atomic E-state index is -0.833. The Morgan fingerprint density at radius 2 is 1.88 bits per heavy atom. The largest absolute Gasteiger partial charge is 0.391 e. The van der Waals surface area contributed by atoms with Crippen molar-refractivity contribution < 1.29 is 19.5 Å². The zero-order valence-electron chi connectivity index (χ0n) is 25.1. The van der Waals surface area contributed by atoms with Gasteiger partial charge >= 0.3 is 0 Å². The number of rotatable bonds is 9. The number of amides is 3. The predicted molar refractivity (Wildman–Crippen MR) is 164 cm³/mol. The van der Waals surface area contributed by atoms with Crippen LogP contribution in [-0.2, 0) is 20.9 Å². The number of β-amino-alcohol motifs (C(OH)–C–C–N with tert-alkyl or cyclic N) is 1.